The topological polar surface area (TPSA) is 69.2 Å². The first-order valence-corrected chi connectivity index (χ1v) is 8.26. The minimum Gasteiger partial charge on any atom is -0.369 e. The van der Waals surface area contributed by atoms with Crippen molar-refractivity contribution in [3.8, 4) is 0 Å². The van der Waals surface area contributed by atoms with Crippen molar-refractivity contribution in [3.05, 3.63) is 29.7 Å². The zero-order valence-corrected chi connectivity index (χ0v) is 14.1. The Kier molecular flexibility index (Phi) is 5.07. The van der Waals surface area contributed by atoms with Crippen molar-refractivity contribution in [2.24, 2.45) is 0 Å². The SMILES string of the molecule is Cc1nc(COC2CCCN(Cc3cnn(C(C)C)c3)C2)no1. The second-order valence-electron chi connectivity index (χ2n) is 6.46. The zero-order chi connectivity index (χ0) is 16.2. The minimum absolute atomic E-state index is 0.225. The number of hydrogen-bond donors (Lipinski definition) is 0. The molecule has 0 N–H and O–H groups in total. The fraction of sp³-hybridized carbons (Fsp3) is 0.688. The second kappa shape index (κ2) is 7.23. The second-order valence-corrected chi connectivity index (χ2v) is 6.46. The maximum atomic E-state index is 5.95. The van der Waals surface area contributed by atoms with Crippen LogP contribution in [-0.4, -0.2) is 44.0 Å². The molecule has 1 aliphatic rings. The third kappa shape index (κ3) is 4.39. The van der Waals surface area contributed by atoms with E-state index in [-0.39, 0.29) is 6.10 Å². The highest BCUT2D eigenvalue weighted by Crippen LogP contribution is 2.17. The first-order chi connectivity index (χ1) is 11.1. The van der Waals surface area contributed by atoms with E-state index in [2.05, 4.69) is 40.2 Å². The van der Waals surface area contributed by atoms with Crippen LogP contribution >= 0.6 is 0 Å². The molecule has 2 aromatic heterocycles. The van der Waals surface area contributed by atoms with E-state index in [1.54, 1.807) is 6.92 Å². The van der Waals surface area contributed by atoms with Crippen LogP contribution in [0.5, 0.6) is 0 Å². The summed E-state index contributed by atoms with van der Waals surface area (Å²) in [6.07, 6.45) is 6.55. The number of likely N-dealkylation sites (tertiary alicyclic amines) is 1. The maximum absolute atomic E-state index is 5.95. The van der Waals surface area contributed by atoms with E-state index in [0.717, 1.165) is 32.5 Å². The number of aryl methyl sites for hydroxylation is 1. The summed E-state index contributed by atoms with van der Waals surface area (Å²) < 4.78 is 12.9. The molecule has 0 aliphatic carbocycles. The molecule has 1 saturated heterocycles. The number of ether oxygens (including phenoxy) is 1. The van der Waals surface area contributed by atoms with Gasteiger partial charge in [0.05, 0.1) is 12.3 Å². The van der Waals surface area contributed by atoms with E-state index >= 15 is 0 Å². The molecule has 0 bridgehead atoms. The molecule has 0 radical (unpaired) electrons. The van der Waals surface area contributed by atoms with Crippen molar-refractivity contribution >= 4 is 0 Å². The van der Waals surface area contributed by atoms with Gasteiger partial charge in [0.15, 0.2) is 5.82 Å². The Balaban J connectivity index is 1.49. The van der Waals surface area contributed by atoms with E-state index in [1.807, 2.05) is 10.9 Å². The van der Waals surface area contributed by atoms with Gasteiger partial charge >= 0.3 is 0 Å². The highest BCUT2D eigenvalue weighted by atomic mass is 16.5. The average Bonchev–Trinajstić information content (AvgIpc) is 3.15. The van der Waals surface area contributed by atoms with Crippen molar-refractivity contribution < 1.29 is 9.26 Å². The summed E-state index contributed by atoms with van der Waals surface area (Å²) in [6.45, 7) is 9.45. The molecule has 1 fully saturated rings. The first kappa shape index (κ1) is 16.1. The summed E-state index contributed by atoms with van der Waals surface area (Å²) in [4.78, 5) is 6.60. The van der Waals surface area contributed by atoms with Gasteiger partial charge in [-0.3, -0.25) is 9.58 Å². The van der Waals surface area contributed by atoms with E-state index < -0.39 is 0 Å². The molecule has 0 aromatic carbocycles. The summed E-state index contributed by atoms with van der Waals surface area (Å²) in [6, 6.07) is 0.402. The van der Waals surface area contributed by atoms with Gasteiger partial charge in [-0.15, -0.1) is 0 Å². The van der Waals surface area contributed by atoms with Gasteiger partial charge in [-0.25, -0.2) is 0 Å². The molecule has 1 aliphatic heterocycles. The molecule has 126 valence electrons. The van der Waals surface area contributed by atoms with Crippen LogP contribution in [0.25, 0.3) is 0 Å². The smallest absolute Gasteiger partial charge is 0.223 e. The molecule has 1 atom stereocenters. The quantitative estimate of drug-likeness (QED) is 0.814. The van der Waals surface area contributed by atoms with Crippen LogP contribution in [0.2, 0.25) is 0 Å². The van der Waals surface area contributed by atoms with Crippen molar-refractivity contribution in [1.29, 1.82) is 0 Å². The molecule has 1 unspecified atom stereocenters. The van der Waals surface area contributed by atoms with Crippen molar-refractivity contribution in [1.82, 2.24) is 24.8 Å². The Labute approximate surface area is 136 Å². The van der Waals surface area contributed by atoms with Crippen LogP contribution in [-0.2, 0) is 17.9 Å². The summed E-state index contributed by atoms with van der Waals surface area (Å²) in [5.41, 5.74) is 1.26. The number of piperidine rings is 1. The van der Waals surface area contributed by atoms with Gasteiger partial charge in [0.25, 0.3) is 0 Å². The van der Waals surface area contributed by atoms with Crippen LogP contribution in [0.3, 0.4) is 0 Å². The summed E-state index contributed by atoms with van der Waals surface area (Å²) in [7, 11) is 0. The van der Waals surface area contributed by atoms with E-state index in [1.165, 1.54) is 5.56 Å². The van der Waals surface area contributed by atoms with Crippen molar-refractivity contribution in [2.75, 3.05) is 13.1 Å². The fourth-order valence-corrected chi connectivity index (χ4v) is 2.88. The van der Waals surface area contributed by atoms with Crippen LogP contribution < -0.4 is 0 Å². The Bertz CT molecular complexity index is 622. The largest absolute Gasteiger partial charge is 0.369 e. The lowest BCUT2D eigenvalue weighted by Gasteiger charge is -2.32. The molecular weight excluding hydrogens is 294 g/mol. The standard InChI is InChI=1S/C16H25N5O2/c1-12(2)21-9-14(7-17-21)8-20-6-4-5-15(10-20)22-11-16-18-13(3)23-19-16/h7,9,12,15H,4-6,8,10-11H2,1-3H3. The fourth-order valence-electron chi connectivity index (χ4n) is 2.88. The molecule has 3 rings (SSSR count). The zero-order valence-electron chi connectivity index (χ0n) is 14.1. The molecule has 7 nitrogen and oxygen atoms in total. The lowest BCUT2D eigenvalue weighted by atomic mass is 10.1. The molecule has 23 heavy (non-hydrogen) atoms. The Morgan fingerprint density at radius 3 is 3.00 bits per heavy atom. The highest BCUT2D eigenvalue weighted by molar-refractivity contribution is 5.04. The molecule has 0 saturated carbocycles. The molecule has 3 heterocycles. The van der Waals surface area contributed by atoms with E-state index in [4.69, 9.17) is 9.26 Å². The summed E-state index contributed by atoms with van der Waals surface area (Å²) in [5.74, 6) is 1.20. The van der Waals surface area contributed by atoms with Crippen molar-refractivity contribution in [3.63, 3.8) is 0 Å². The van der Waals surface area contributed by atoms with E-state index in [9.17, 15) is 0 Å². The molecule has 7 heteroatoms. The Hall–Kier alpha value is -1.73. The Morgan fingerprint density at radius 2 is 2.30 bits per heavy atom. The molecule has 0 amide bonds. The van der Waals surface area contributed by atoms with Crippen molar-refractivity contribution in [2.45, 2.75) is 58.9 Å². The van der Waals surface area contributed by atoms with Gasteiger partial charge < -0.3 is 9.26 Å². The van der Waals surface area contributed by atoms with Gasteiger partial charge in [0.1, 0.15) is 6.61 Å². The number of hydrogen-bond acceptors (Lipinski definition) is 6. The van der Waals surface area contributed by atoms with Crippen LogP contribution in [0.4, 0.5) is 0 Å². The number of aromatic nitrogens is 4. The third-order valence-corrected chi connectivity index (χ3v) is 4.07. The lowest BCUT2D eigenvalue weighted by molar-refractivity contribution is -0.0151. The third-order valence-electron chi connectivity index (χ3n) is 4.07. The highest BCUT2D eigenvalue weighted by Gasteiger charge is 2.21. The molecule has 2 aromatic rings. The summed E-state index contributed by atoms with van der Waals surface area (Å²) in [5, 5.41) is 8.28. The van der Waals surface area contributed by atoms with E-state index in [0.29, 0.717) is 24.4 Å². The normalized spacial score (nSPS) is 19.6. The first-order valence-electron chi connectivity index (χ1n) is 8.26. The minimum atomic E-state index is 0.225. The van der Waals surface area contributed by atoms with Gasteiger partial charge in [0.2, 0.25) is 5.89 Å². The van der Waals surface area contributed by atoms with Gasteiger partial charge in [-0.05, 0) is 33.2 Å². The maximum Gasteiger partial charge on any atom is 0.223 e. The lowest BCUT2D eigenvalue weighted by Crippen LogP contribution is -2.39. The number of rotatable bonds is 6. The molecule has 0 spiro atoms. The van der Waals surface area contributed by atoms with Crippen LogP contribution in [0.15, 0.2) is 16.9 Å². The average molecular weight is 319 g/mol. The molecular formula is C16H25N5O2. The van der Waals surface area contributed by atoms with Crippen LogP contribution in [0.1, 0.15) is 50.0 Å². The Morgan fingerprint density at radius 1 is 1.43 bits per heavy atom. The van der Waals surface area contributed by atoms with Gasteiger partial charge in [-0.2, -0.15) is 10.1 Å². The number of nitrogens with zero attached hydrogens (tertiary/aromatic N) is 5. The predicted molar refractivity (Wildman–Crippen MR) is 84.7 cm³/mol. The van der Waals surface area contributed by atoms with Gasteiger partial charge in [0, 0.05) is 37.8 Å². The summed E-state index contributed by atoms with van der Waals surface area (Å²) >= 11 is 0. The predicted octanol–water partition coefficient (Wildman–Crippen LogP) is 2.34. The van der Waals surface area contributed by atoms with Gasteiger partial charge in [-0.1, -0.05) is 5.16 Å². The monoisotopic (exact) mass is 319 g/mol. The van der Waals surface area contributed by atoms with Crippen LogP contribution in [0, 0.1) is 6.92 Å².